The molecule has 23 heavy (non-hydrogen) atoms. The molecule has 0 aliphatic carbocycles. The van der Waals surface area contributed by atoms with Crippen molar-refractivity contribution in [1.29, 1.82) is 0 Å². The molecule has 0 aliphatic rings. The summed E-state index contributed by atoms with van der Waals surface area (Å²) in [5, 5.41) is 0. The van der Waals surface area contributed by atoms with Crippen molar-refractivity contribution in [3.63, 3.8) is 0 Å². The molecule has 0 N–H and O–H groups in total. The van der Waals surface area contributed by atoms with Crippen molar-refractivity contribution in [3.8, 4) is 0 Å². The fourth-order valence-electron chi connectivity index (χ4n) is 2.74. The predicted octanol–water partition coefficient (Wildman–Crippen LogP) is 4.16. The highest BCUT2D eigenvalue weighted by atomic mass is 16.1. The standard InChI is InChI=1S/C20H27N2O/c1-2-3-4-5-6-10-13-19-16-21-14-15-22(19)17-20(23)18-11-8-7-9-12-18/h7-9,11-12,14-16H,2-6,10,13,17H2,1H3/q+1. The Morgan fingerprint density at radius 3 is 2.57 bits per heavy atom. The first-order valence-electron chi connectivity index (χ1n) is 8.72. The summed E-state index contributed by atoms with van der Waals surface area (Å²) in [7, 11) is 0. The first kappa shape index (κ1) is 17.3. The number of ketones is 1. The number of carbonyl (C=O) groups is 1. The highest BCUT2D eigenvalue weighted by molar-refractivity contribution is 5.94. The molecule has 1 aromatic carbocycles. The Hall–Kier alpha value is -2.03. The summed E-state index contributed by atoms with van der Waals surface area (Å²) >= 11 is 0. The summed E-state index contributed by atoms with van der Waals surface area (Å²) in [4.78, 5) is 16.6. The lowest BCUT2D eigenvalue weighted by atomic mass is 10.1. The SMILES string of the molecule is CCCCCCCCc1cncc[n+]1CC(=O)c1ccccc1. The zero-order valence-corrected chi connectivity index (χ0v) is 14.1. The number of aryl methyl sites for hydroxylation is 1. The molecule has 0 aliphatic heterocycles. The van der Waals surface area contributed by atoms with Gasteiger partial charge in [-0.25, -0.2) is 0 Å². The number of hydrogen-bond acceptors (Lipinski definition) is 2. The van der Waals surface area contributed by atoms with Crippen LogP contribution in [-0.4, -0.2) is 10.8 Å². The van der Waals surface area contributed by atoms with Crippen LogP contribution in [0, 0.1) is 0 Å². The Kier molecular flexibility index (Phi) is 7.44. The van der Waals surface area contributed by atoms with E-state index in [-0.39, 0.29) is 5.78 Å². The van der Waals surface area contributed by atoms with Gasteiger partial charge in [0.25, 0.3) is 0 Å². The molecule has 0 bridgehead atoms. The third kappa shape index (κ3) is 5.93. The number of carbonyl (C=O) groups excluding carboxylic acids is 1. The molecule has 2 aromatic rings. The molecule has 1 heterocycles. The van der Waals surface area contributed by atoms with E-state index in [2.05, 4.69) is 11.9 Å². The van der Waals surface area contributed by atoms with Gasteiger partial charge in [0.1, 0.15) is 0 Å². The van der Waals surface area contributed by atoms with E-state index in [9.17, 15) is 4.79 Å². The smallest absolute Gasteiger partial charge is 0.227 e. The van der Waals surface area contributed by atoms with Gasteiger partial charge in [-0.05, 0) is 6.42 Å². The van der Waals surface area contributed by atoms with Crippen molar-refractivity contribution in [2.75, 3.05) is 0 Å². The Morgan fingerprint density at radius 1 is 1.04 bits per heavy atom. The van der Waals surface area contributed by atoms with Crippen LogP contribution >= 0.6 is 0 Å². The van der Waals surface area contributed by atoms with E-state index in [0.29, 0.717) is 6.54 Å². The van der Waals surface area contributed by atoms with E-state index in [1.54, 1.807) is 6.20 Å². The molecule has 0 spiro atoms. The second-order valence-corrected chi connectivity index (χ2v) is 6.00. The average molecular weight is 311 g/mol. The van der Waals surface area contributed by atoms with E-state index < -0.39 is 0 Å². The van der Waals surface area contributed by atoms with Gasteiger partial charge in [-0.3, -0.25) is 9.78 Å². The second-order valence-electron chi connectivity index (χ2n) is 6.00. The van der Waals surface area contributed by atoms with Gasteiger partial charge in [0.15, 0.2) is 11.9 Å². The molecule has 0 radical (unpaired) electrons. The molecular formula is C20H27N2O+. The quantitative estimate of drug-likeness (QED) is 0.375. The van der Waals surface area contributed by atoms with Gasteiger partial charge in [-0.2, -0.15) is 4.57 Å². The van der Waals surface area contributed by atoms with Crippen LogP contribution in [0.25, 0.3) is 0 Å². The summed E-state index contributed by atoms with van der Waals surface area (Å²) in [6.45, 7) is 2.63. The maximum absolute atomic E-state index is 12.4. The molecule has 0 fully saturated rings. The molecule has 0 saturated carbocycles. The Balaban J connectivity index is 1.88. The maximum atomic E-state index is 12.4. The first-order chi connectivity index (χ1) is 11.3. The van der Waals surface area contributed by atoms with Crippen LogP contribution < -0.4 is 4.57 Å². The molecule has 1 aromatic heterocycles. The Bertz CT molecular complexity index is 596. The summed E-state index contributed by atoms with van der Waals surface area (Å²) in [6.07, 6.45) is 14.2. The molecule has 0 saturated heterocycles. The van der Waals surface area contributed by atoms with Gasteiger partial charge in [0, 0.05) is 12.0 Å². The average Bonchev–Trinajstić information content (AvgIpc) is 2.60. The highest BCUT2D eigenvalue weighted by Gasteiger charge is 2.16. The molecule has 0 amide bonds. The normalized spacial score (nSPS) is 10.7. The largest absolute Gasteiger partial charge is 0.287 e. The number of nitrogens with zero attached hydrogens (tertiary/aromatic N) is 2. The number of hydrogen-bond donors (Lipinski definition) is 0. The van der Waals surface area contributed by atoms with Crippen molar-refractivity contribution in [2.24, 2.45) is 0 Å². The molecule has 3 nitrogen and oxygen atoms in total. The van der Waals surface area contributed by atoms with Gasteiger partial charge in [0.05, 0.1) is 12.4 Å². The van der Waals surface area contributed by atoms with Crippen molar-refractivity contribution in [2.45, 2.75) is 58.4 Å². The van der Waals surface area contributed by atoms with Crippen LogP contribution in [0.1, 0.15) is 61.5 Å². The van der Waals surface area contributed by atoms with Gasteiger partial charge < -0.3 is 0 Å². The van der Waals surface area contributed by atoms with Crippen LogP contribution in [0.3, 0.4) is 0 Å². The number of Topliss-reactive ketones (excluding diaryl/α,β-unsaturated/α-hetero) is 1. The molecular weight excluding hydrogens is 284 g/mol. The van der Waals surface area contributed by atoms with Crippen LogP contribution in [0.4, 0.5) is 0 Å². The minimum absolute atomic E-state index is 0.144. The van der Waals surface area contributed by atoms with Gasteiger partial charge >= 0.3 is 0 Å². The predicted molar refractivity (Wildman–Crippen MR) is 92.3 cm³/mol. The van der Waals surface area contributed by atoms with Crippen LogP contribution in [0.15, 0.2) is 48.9 Å². The Morgan fingerprint density at radius 2 is 1.78 bits per heavy atom. The van der Waals surface area contributed by atoms with Crippen LogP contribution in [-0.2, 0) is 13.0 Å². The van der Waals surface area contributed by atoms with Crippen LogP contribution in [0.5, 0.6) is 0 Å². The number of rotatable bonds is 10. The second kappa shape index (κ2) is 9.88. The maximum Gasteiger partial charge on any atom is 0.227 e. The van der Waals surface area contributed by atoms with E-state index in [4.69, 9.17) is 0 Å². The van der Waals surface area contributed by atoms with Crippen molar-refractivity contribution >= 4 is 5.78 Å². The summed E-state index contributed by atoms with van der Waals surface area (Å²) < 4.78 is 2.04. The number of unbranched alkanes of at least 4 members (excludes halogenated alkanes) is 5. The van der Waals surface area contributed by atoms with E-state index in [1.807, 2.05) is 47.3 Å². The third-order valence-corrected chi connectivity index (χ3v) is 4.12. The van der Waals surface area contributed by atoms with Crippen molar-refractivity contribution in [3.05, 3.63) is 60.2 Å². The minimum Gasteiger partial charge on any atom is -0.287 e. The molecule has 3 heteroatoms. The highest BCUT2D eigenvalue weighted by Crippen LogP contribution is 2.08. The molecule has 0 atom stereocenters. The number of aromatic nitrogens is 2. The fourth-order valence-corrected chi connectivity index (χ4v) is 2.74. The Labute approximate surface area is 139 Å². The van der Waals surface area contributed by atoms with Crippen molar-refractivity contribution < 1.29 is 9.36 Å². The monoisotopic (exact) mass is 311 g/mol. The zero-order chi connectivity index (χ0) is 16.3. The fraction of sp³-hybridized carbons (Fsp3) is 0.450. The van der Waals surface area contributed by atoms with Gasteiger partial charge in [-0.15, -0.1) is 0 Å². The lowest BCUT2D eigenvalue weighted by Gasteiger charge is -2.04. The van der Waals surface area contributed by atoms with Gasteiger partial charge in [-0.1, -0.05) is 69.4 Å². The topological polar surface area (TPSA) is 33.8 Å². The van der Waals surface area contributed by atoms with Gasteiger partial charge in [0.2, 0.25) is 12.3 Å². The molecule has 2 rings (SSSR count). The summed E-state index contributed by atoms with van der Waals surface area (Å²) in [5.41, 5.74) is 1.91. The summed E-state index contributed by atoms with van der Waals surface area (Å²) in [5.74, 6) is 0.144. The lowest BCUT2D eigenvalue weighted by Crippen LogP contribution is -2.41. The van der Waals surface area contributed by atoms with E-state index >= 15 is 0 Å². The zero-order valence-electron chi connectivity index (χ0n) is 14.1. The van der Waals surface area contributed by atoms with Crippen molar-refractivity contribution in [1.82, 2.24) is 4.98 Å². The third-order valence-electron chi connectivity index (χ3n) is 4.12. The van der Waals surface area contributed by atoms with Crippen LogP contribution in [0.2, 0.25) is 0 Å². The van der Waals surface area contributed by atoms with E-state index in [1.165, 1.54) is 32.1 Å². The summed E-state index contributed by atoms with van der Waals surface area (Å²) in [6, 6.07) is 9.48. The lowest BCUT2D eigenvalue weighted by molar-refractivity contribution is -0.691. The first-order valence-corrected chi connectivity index (χ1v) is 8.72. The van der Waals surface area contributed by atoms with E-state index in [0.717, 1.165) is 24.1 Å². The number of benzene rings is 1. The molecule has 122 valence electrons. The molecule has 0 unspecified atom stereocenters. The minimum atomic E-state index is 0.144.